The number of amides is 5. The van der Waals surface area contributed by atoms with Gasteiger partial charge in [0.05, 0.1) is 5.54 Å². The van der Waals surface area contributed by atoms with Crippen LogP contribution in [0.2, 0.25) is 0 Å². The molecule has 38 heavy (non-hydrogen) atoms. The number of hydrogen-bond acceptors (Lipinski definition) is 4. The molecule has 0 radical (unpaired) electrons. The Hall–Kier alpha value is -3.82. The number of urea groups is 1. The van der Waals surface area contributed by atoms with Crippen molar-refractivity contribution in [1.29, 1.82) is 0 Å². The summed E-state index contributed by atoms with van der Waals surface area (Å²) in [6.45, 7) is 5.00. The first-order chi connectivity index (χ1) is 17.7. The second kappa shape index (κ2) is 8.61. The van der Waals surface area contributed by atoms with Crippen molar-refractivity contribution in [1.82, 2.24) is 15.1 Å². The van der Waals surface area contributed by atoms with Gasteiger partial charge in [-0.15, -0.1) is 0 Å². The number of carbonyl (C=O) groups excluding carboxylic acids is 4. The number of fused-ring (bicyclic) bond motifs is 1. The van der Waals surface area contributed by atoms with Gasteiger partial charge in [0.25, 0.3) is 5.91 Å². The summed E-state index contributed by atoms with van der Waals surface area (Å²) in [5.41, 5.74) is -0.259. The van der Waals surface area contributed by atoms with E-state index in [1.807, 2.05) is 6.07 Å². The Bertz CT molecular complexity index is 1370. The molecule has 2 aliphatic heterocycles. The van der Waals surface area contributed by atoms with Crippen molar-refractivity contribution in [2.75, 3.05) is 18.9 Å². The second-order valence-corrected chi connectivity index (χ2v) is 11.4. The van der Waals surface area contributed by atoms with Crippen LogP contribution in [0.15, 0.2) is 36.4 Å². The summed E-state index contributed by atoms with van der Waals surface area (Å²) in [5, 5.41) is 5.19. The van der Waals surface area contributed by atoms with Gasteiger partial charge in [-0.3, -0.25) is 19.7 Å². The third-order valence-corrected chi connectivity index (χ3v) is 8.49. The summed E-state index contributed by atoms with van der Waals surface area (Å²) in [7, 11) is 1.59. The van der Waals surface area contributed by atoms with E-state index in [0.717, 1.165) is 17.2 Å². The predicted octanol–water partition coefficient (Wildman–Crippen LogP) is 3.49. The van der Waals surface area contributed by atoms with Gasteiger partial charge in [0.1, 0.15) is 23.7 Å². The van der Waals surface area contributed by atoms with E-state index in [9.17, 15) is 28.0 Å². The van der Waals surface area contributed by atoms with Gasteiger partial charge >= 0.3 is 6.03 Å². The van der Waals surface area contributed by atoms with Crippen LogP contribution in [0.4, 0.5) is 19.3 Å². The maximum absolute atomic E-state index is 14.1. The number of nitrogens with zero attached hydrogens (tertiary/aromatic N) is 2. The Balaban J connectivity index is 1.38. The van der Waals surface area contributed by atoms with Crippen LogP contribution in [0.25, 0.3) is 0 Å². The highest BCUT2D eigenvalue weighted by molar-refractivity contribution is 6.07. The first-order valence-corrected chi connectivity index (χ1v) is 12.5. The second-order valence-electron chi connectivity index (χ2n) is 11.4. The Morgan fingerprint density at radius 3 is 2.26 bits per heavy atom. The molecular formula is C28H30F2N4O4. The van der Waals surface area contributed by atoms with Gasteiger partial charge in [0.15, 0.2) is 0 Å². The summed E-state index contributed by atoms with van der Waals surface area (Å²) < 4.78 is 28.2. The molecule has 2 fully saturated rings. The van der Waals surface area contributed by atoms with E-state index < -0.39 is 40.1 Å². The Morgan fingerprint density at radius 1 is 0.974 bits per heavy atom. The van der Waals surface area contributed by atoms with Gasteiger partial charge in [0, 0.05) is 37.1 Å². The molecule has 8 nitrogen and oxygen atoms in total. The van der Waals surface area contributed by atoms with Crippen molar-refractivity contribution in [3.8, 4) is 0 Å². The number of nitrogens with one attached hydrogen (secondary N) is 2. The minimum atomic E-state index is -1.08. The van der Waals surface area contributed by atoms with Crippen LogP contribution in [0.5, 0.6) is 0 Å². The molecule has 2 saturated heterocycles. The first kappa shape index (κ1) is 25.8. The van der Waals surface area contributed by atoms with E-state index in [0.29, 0.717) is 36.9 Å². The molecule has 2 heterocycles. The number of carbonyl (C=O) groups is 4. The zero-order chi connectivity index (χ0) is 27.6. The molecule has 0 unspecified atom stereocenters. The first-order valence-electron chi connectivity index (χ1n) is 12.5. The molecule has 3 aliphatic rings. The van der Waals surface area contributed by atoms with E-state index >= 15 is 0 Å². The smallest absolute Gasteiger partial charge is 0.324 e. The standard InChI is InChI=1S/C28H30F2N4O4/c1-26(2)7-8-27(3,18-10-19(29)12-20(30)11-18)34(24(26)37)15-22(35)31-21-6-5-16-13-28(14-17(16)9-21)23(36)32-25(38)33(28)4/h5-6,9-12H,7-8,13-15H2,1-4H3,(H,31,35)(H,32,36,38)/t27-,28-/m0/s1. The highest BCUT2D eigenvalue weighted by Crippen LogP contribution is 2.45. The Morgan fingerprint density at radius 2 is 1.63 bits per heavy atom. The van der Waals surface area contributed by atoms with Gasteiger partial charge in [-0.25, -0.2) is 13.6 Å². The lowest BCUT2D eigenvalue weighted by Gasteiger charge is -2.50. The van der Waals surface area contributed by atoms with Crippen LogP contribution in [-0.2, 0) is 32.8 Å². The third kappa shape index (κ3) is 4.02. The maximum atomic E-state index is 14.1. The van der Waals surface area contributed by atoms with Crippen molar-refractivity contribution < 1.29 is 28.0 Å². The van der Waals surface area contributed by atoms with E-state index in [1.165, 1.54) is 21.9 Å². The molecule has 2 aromatic rings. The van der Waals surface area contributed by atoms with Gasteiger partial charge in [0.2, 0.25) is 11.8 Å². The summed E-state index contributed by atoms with van der Waals surface area (Å²) >= 11 is 0. The monoisotopic (exact) mass is 524 g/mol. The molecule has 0 aromatic heterocycles. The lowest BCUT2D eigenvalue weighted by atomic mass is 9.72. The van der Waals surface area contributed by atoms with Crippen molar-refractivity contribution in [2.24, 2.45) is 5.41 Å². The number of rotatable bonds is 4. The van der Waals surface area contributed by atoms with Crippen molar-refractivity contribution >= 4 is 29.4 Å². The number of benzene rings is 2. The number of hydrogen-bond donors (Lipinski definition) is 2. The topological polar surface area (TPSA) is 98.8 Å². The molecule has 2 N–H and O–H groups in total. The Labute approximate surface area is 219 Å². The van der Waals surface area contributed by atoms with Crippen molar-refractivity contribution in [2.45, 2.75) is 57.5 Å². The third-order valence-electron chi connectivity index (χ3n) is 8.49. The average molecular weight is 525 g/mol. The zero-order valence-electron chi connectivity index (χ0n) is 21.8. The predicted molar refractivity (Wildman–Crippen MR) is 135 cm³/mol. The molecule has 10 heteroatoms. The molecule has 2 atom stereocenters. The SMILES string of the molecule is CN1C(=O)NC(=O)[C@@]12Cc1ccc(NC(=O)CN3C(=O)C(C)(C)CC[C@@]3(C)c3cc(F)cc(F)c3)cc1C2. The van der Waals surface area contributed by atoms with E-state index in [2.05, 4.69) is 10.6 Å². The molecule has 1 spiro atoms. The number of halogens is 2. The molecule has 5 amide bonds. The highest BCUT2D eigenvalue weighted by Gasteiger charge is 2.54. The fourth-order valence-corrected chi connectivity index (χ4v) is 5.92. The van der Waals surface area contributed by atoms with Gasteiger partial charge in [-0.05, 0) is 60.7 Å². The van der Waals surface area contributed by atoms with Crippen LogP contribution < -0.4 is 10.6 Å². The van der Waals surface area contributed by atoms with Gasteiger partial charge in [-0.1, -0.05) is 19.9 Å². The van der Waals surface area contributed by atoms with Crippen LogP contribution in [0, 0.1) is 17.0 Å². The van der Waals surface area contributed by atoms with Gasteiger partial charge in [-0.2, -0.15) is 0 Å². The highest BCUT2D eigenvalue weighted by atomic mass is 19.1. The van der Waals surface area contributed by atoms with Gasteiger partial charge < -0.3 is 15.1 Å². The van der Waals surface area contributed by atoms with Crippen LogP contribution in [0.1, 0.15) is 50.3 Å². The Kier molecular flexibility index (Phi) is 5.85. The lowest BCUT2D eigenvalue weighted by molar-refractivity contribution is -0.156. The number of piperidine rings is 1. The molecule has 1 aliphatic carbocycles. The molecule has 0 saturated carbocycles. The fourth-order valence-electron chi connectivity index (χ4n) is 5.92. The number of anilines is 1. The zero-order valence-corrected chi connectivity index (χ0v) is 21.8. The fraction of sp³-hybridized carbons (Fsp3) is 0.429. The number of imide groups is 1. The summed E-state index contributed by atoms with van der Waals surface area (Å²) in [4.78, 5) is 54.1. The summed E-state index contributed by atoms with van der Waals surface area (Å²) in [6.07, 6.45) is 1.62. The van der Waals surface area contributed by atoms with Crippen LogP contribution >= 0.6 is 0 Å². The molecule has 0 bridgehead atoms. The maximum Gasteiger partial charge on any atom is 0.324 e. The van der Waals surface area contributed by atoms with E-state index in [-0.39, 0.29) is 18.4 Å². The summed E-state index contributed by atoms with van der Waals surface area (Å²) in [6, 6.07) is 8.06. The lowest BCUT2D eigenvalue weighted by Crippen LogP contribution is -2.58. The van der Waals surface area contributed by atoms with Crippen molar-refractivity contribution in [3.05, 3.63) is 64.7 Å². The molecular weight excluding hydrogens is 494 g/mol. The number of likely N-dealkylation sites (tertiary alicyclic amines) is 1. The van der Waals surface area contributed by atoms with E-state index in [1.54, 1.807) is 40.0 Å². The molecule has 200 valence electrons. The summed E-state index contributed by atoms with van der Waals surface area (Å²) in [5.74, 6) is -2.57. The van der Waals surface area contributed by atoms with Crippen molar-refractivity contribution in [3.63, 3.8) is 0 Å². The molecule has 5 rings (SSSR count). The normalized spacial score (nSPS) is 26.1. The minimum Gasteiger partial charge on any atom is -0.325 e. The quantitative estimate of drug-likeness (QED) is 0.599. The average Bonchev–Trinajstić information content (AvgIpc) is 3.32. The number of likely N-dealkylation sites (N-methyl/N-ethyl adjacent to an activating group) is 1. The van der Waals surface area contributed by atoms with E-state index in [4.69, 9.17) is 0 Å². The van der Waals surface area contributed by atoms with Crippen LogP contribution in [-0.4, -0.2) is 52.7 Å². The largest absolute Gasteiger partial charge is 0.325 e. The minimum absolute atomic E-state index is 0.276. The molecule has 2 aromatic carbocycles. The van der Waals surface area contributed by atoms with Crippen LogP contribution in [0.3, 0.4) is 0 Å².